The lowest BCUT2D eigenvalue weighted by atomic mass is 10.1. The first-order chi connectivity index (χ1) is 19.6. The predicted octanol–water partition coefficient (Wildman–Crippen LogP) is 5.29. The summed E-state index contributed by atoms with van der Waals surface area (Å²) in [5.74, 6) is 1.05. The topological polar surface area (TPSA) is 126 Å². The highest BCUT2D eigenvalue weighted by Gasteiger charge is 2.36. The molecule has 0 atom stereocenters. The van der Waals surface area contributed by atoms with Gasteiger partial charge in [-0.25, -0.2) is 13.4 Å². The number of piperidine rings is 1. The Morgan fingerprint density at radius 2 is 1.80 bits per heavy atom. The number of para-hydroxylation sites is 1. The summed E-state index contributed by atoms with van der Waals surface area (Å²) in [4.78, 5) is 24.5. The fourth-order valence-electron chi connectivity index (χ4n) is 5.12. The molecule has 1 saturated heterocycles. The molecule has 218 valence electrons. The van der Waals surface area contributed by atoms with Gasteiger partial charge in [0.05, 0.1) is 33.8 Å². The number of hydrogen-bond acceptors (Lipinski definition) is 9. The van der Waals surface area contributed by atoms with Crippen LogP contribution >= 0.6 is 11.6 Å². The molecule has 0 bridgehead atoms. The zero-order valence-corrected chi connectivity index (χ0v) is 25.1. The molecule has 3 aromatic rings. The number of hydrogen-bond donors (Lipinski definition) is 3. The zero-order valence-electron chi connectivity index (χ0n) is 23.6. The molecule has 2 aliphatic rings. The second kappa shape index (κ2) is 11.8. The molecule has 0 aliphatic carbocycles. The maximum atomic E-state index is 13.4. The van der Waals surface area contributed by atoms with Crippen LogP contribution < -0.4 is 20.7 Å². The lowest BCUT2D eigenvalue weighted by molar-refractivity contribution is 0.0668. The van der Waals surface area contributed by atoms with E-state index in [1.165, 1.54) is 6.20 Å². The van der Waals surface area contributed by atoms with E-state index in [0.717, 1.165) is 31.5 Å². The Bertz CT molecular complexity index is 1560. The summed E-state index contributed by atoms with van der Waals surface area (Å²) >= 11 is 6.45. The van der Waals surface area contributed by atoms with Gasteiger partial charge in [0.25, 0.3) is 5.91 Å². The monoisotopic (exact) mass is 598 g/mol. The van der Waals surface area contributed by atoms with Crippen LogP contribution in [-0.4, -0.2) is 59.7 Å². The Labute approximate surface area is 245 Å². The van der Waals surface area contributed by atoms with Gasteiger partial charge < -0.3 is 25.6 Å². The molecule has 41 heavy (non-hydrogen) atoms. The zero-order chi connectivity index (χ0) is 29.3. The number of fused-ring (bicyclic) bond motifs is 1. The number of halogens is 1. The third kappa shape index (κ3) is 5.98. The van der Waals surface area contributed by atoms with Gasteiger partial charge in [0.2, 0.25) is 5.95 Å². The van der Waals surface area contributed by atoms with Gasteiger partial charge >= 0.3 is 0 Å². The standard InChI is InChI=1S/C29H35ClN6O4S/c1-17(2)40-24-10-9-20-21(16-36(28(20)37)19-11-13-31-14-12-19)26(24)34-29-32-15-22(30)27(35-29)33-23-7-5-6-8-25(23)41(38,39)18(3)4/h5-10,15,17-19,31H,11-14,16H2,1-4H3,(H2,32,33,34,35). The predicted molar refractivity (Wildman–Crippen MR) is 160 cm³/mol. The summed E-state index contributed by atoms with van der Waals surface area (Å²) in [7, 11) is -3.56. The van der Waals surface area contributed by atoms with Gasteiger partial charge in [-0.2, -0.15) is 4.98 Å². The molecule has 3 heterocycles. The Balaban J connectivity index is 1.49. The van der Waals surface area contributed by atoms with Gasteiger partial charge in [-0.15, -0.1) is 0 Å². The molecule has 0 saturated carbocycles. The van der Waals surface area contributed by atoms with Crippen LogP contribution in [0.15, 0.2) is 47.5 Å². The summed E-state index contributed by atoms with van der Waals surface area (Å²) < 4.78 is 32.1. The van der Waals surface area contributed by atoms with Crippen LogP contribution in [0, 0.1) is 0 Å². The van der Waals surface area contributed by atoms with Crippen LogP contribution in [0.1, 0.15) is 56.5 Å². The Kier molecular flexibility index (Phi) is 8.40. The number of rotatable bonds is 9. The van der Waals surface area contributed by atoms with Crippen molar-refractivity contribution in [1.82, 2.24) is 20.2 Å². The molecular formula is C29H35ClN6O4S. The summed E-state index contributed by atoms with van der Waals surface area (Å²) in [6, 6.07) is 10.4. The average Bonchev–Trinajstić information content (AvgIpc) is 3.28. The highest BCUT2D eigenvalue weighted by molar-refractivity contribution is 7.92. The number of anilines is 4. The van der Waals surface area contributed by atoms with Gasteiger partial charge in [-0.1, -0.05) is 23.7 Å². The number of nitrogens with zero attached hydrogens (tertiary/aromatic N) is 3. The van der Waals surface area contributed by atoms with E-state index in [1.54, 1.807) is 44.2 Å². The normalized spacial score (nSPS) is 15.9. The molecule has 1 amide bonds. The number of sulfone groups is 1. The summed E-state index contributed by atoms with van der Waals surface area (Å²) in [6.45, 7) is 9.37. The number of carbonyl (C=O) groups excluding carboxylic acids is 1. The second-order valence-electron chi connectivity index (χ2n) is 10.8. The molecule has 2 aromatic carbocycles. The minimum absolute atomic E-state index is 0.00777. The number of amides is 1. The minimum Gasteiger partial charge on any atom is -0.489 e. The van der Waals surface area contributed by atoms with Crippen molar-refractivity contribution in [3.05, 3.63) is 58.7 Å². The molecule has 1 fully saturated rings. The maximum Gasteiger partial charge on any atom is 0.254 e. The molecule has 12 heteroatoms. The minimum atomic E-state index is -3.56. The molecule has 0 radical (unpaired) electrons. The first-order valence-corrected chi connectivity index (χ1v) is 15.7. The Morgan fingerprint density at radius 3 is 2.51 bits per heavy atom. The van der Waals surface area contributed by atoms with Crippen molar-refractivity contribution >= 4 is 50.5 Å². The Morgan fingerprint density at radius 1 is 1.07 bits per heavy atom. The SMILES string of the molecule is CC(C)Oc1ccc2c(c1Nc1ncc(Cl)c(Nc3ccccc3S(=O)(=O)C(C)C)n1)CN(C1CCNCC1)C2=O. The van der Waals surface area contributed by atoms with Gasteiger partial charge in [-0.3, -0.25) is 4.79 Å². The van der Waals surface area contributed by atoms with E-state index in [1.807, 2.05) is 24.8 Å². The van der Waals surface area contributed by atoms with E-state index >= 15 is 0 Å². The third-order valence-corrected chi connectivity index (χ3v) is 9.74. The van der Waals surface area contributed by atoms with Crippen molar-refractivity contribution in [2.75, 3.05) is 23.7 Å². The van der Waals surface area contributed by atoms with Crippen LogP contribution in [0.3, 0.4) is 0 Å². The lowest BCUT2D eigenvalue weighted by Crippen LogP contribution is -2.43. The fraction of sp³-hybridized carbons (Fsp3) is 0.414. The van der Waals surface area contributed by atoms with E-state index < -0.39 is 15.1 Å². The number of ether oxygens (including phenoxy) is 1. The van der Waals surface area contributed by atoms with E-state index in [-0.39, 0.29) is 39.7 Å². The highest BCUT2D eigenvalue weighted by Crippen LogP contribution is 2.40. The largest absolute Gasteiger partial charge is 0.489 e. The van der Waals surface area contributed by atoms with Crippen LogP contribution in [0.5, 0.6) is 5.75 Å². The van der Waals surface area contributed by atoms with Crippen molar-refractivity contribution in [2.24, 2.45) is 0 Å². The average molecular weight is 599 g/mol. The van der Waals surface area contributed by atoms with Crippen molar-refractivity contribution in [1.29, 1.82) is 0 Å². The van der Waals surface area contributed by atoms with Gasteiger partial charge in [0.15, 0.2) is 15.7 Å². The molecule has 10 nitrogen and oxygen atoms in total. The molecule has 2 aliphatic heterocycles. The van der Waals surface area contributed by atoms with E-state index in [2.05, 4.69) is 25.9 Å². The van der Waals surface area contributed by atoms with E-state index in [9.17, 15) is 13.2 Å². The quantitative estimate of drug-likeness (QED) is 0.301. The lowest BCUT2D eigenvalue weighted by Gasteiger charge is -2.31. The molecule has 0 unspecified atom stereocenters. The van der Waals surface area contributed by atoms with Gasteiger partial charge in [-0.05, 0) is 77.9 Å². The maximum absolute atomic E-state index is 13.4. The summed E-state index contributed by atoms with van der Waals surface area (Å²) in [6.07, 6.45) is 3.15. The number of carbonyl (C=O) groups is 1. The number of nitrogens with one attached hydrogen (secondary N) is 3. The smallest absolute Gasteiger partial charge is 0.254 e. The van der Waals surface area contributed by atoms with Crippen molar-refractivity contribution in [3.63, 3.8) is 0 Å². The second-order valence-corrected chi connectivity index (χ2v) is 13.7. The van der Waals surface area contributed by atoms with Crippen molar-refractivity contribution in [3.8, 4) is 5.75 Å². The van der Waals surface area contributed by atoms with Gasteiger partial charge in [0.1, 0.15) is 10.8 Å². The van der Waals surface area contributed by atoms with Crippen LogP contribution in [0.2, 0.25) is 5.02 Å². The van der Waals surface area contributed by atoms with Crippen LogP contribution in [-0.2, 0) is 16.4 Å². The molecule has 5 rings (SSSR count). The molecular weight excluding hydrogens is 564 g/mol. The fourth-order valence-corrected chi connectivity index (χ4v) is 6.46. The van der Waals surface area contributed by atoms with Gasteiger partial charge in [0, 0.05) is 23.7 Å². The van der Waals surface area contributed by atoms with Crippen molar-refractivity contribution in [2.45, 2.75) is 69.4 Å². The summed E-state index contributed by atoms with van der Waals surface area (Å²) in [5, 5.41) is 9.34. The number of benzene rings is 2. The molecule has 1 aromatic heterocycles. The molecule has 3 N–H and O–H groups in total. The molecule has 0 spiro atoms. The van der Waals surface area contributed by atoms with Crippen molar-refractivity contribution < 1.29 is 17.9 Å². The van der Waals surface area contributed by atoms with Crippen LogP contribution in [0.4, 0.5) is 23.1 Å². The van der Waals surface area contributed by atoms with E-state index in [0.29, 0.717) is 29.2 Å². The number of aromatic nitrogens is 2. The first-order valence-electron chi connectivity index (χ1n) is 13.8. The summed E-state index contributed by atoms with van der Waals surface area (Å²) in [5.41, 5.74) is 2.44. The third-order valence-electron chi connectivity index (χ3n) is 7.25. The first kappa shape index (κ1) is 29.1. The Hall–Kier alpha value is -3.41. The van der Waals surface area contributed by atoms with Crippen LogP contribution in [0.25, 0.3) is 0 Å². The van der Waals surface area contributed by atoms with E-state index in [4.69, 9.17) is 16.3 Å². The highest BCUT2D eigenvalue weighted by atomic mass is 35.5.